The summed E-state index contributed by atoms with van der Waals surface area (Å²) in [5.41, 5.74) is 0.666. The SMILES string of the molecule is CC(C)C1COC(=O)N1C(=O)CCc1ccc(Cl)c(F)c1. The van der Waals surface area contributed by atoms with Crippen molar-refractivity contribution in [3.05, 3.63) is 34.6 Å². The first-order valence-corrected chi connectivity index (χ1v) is 7.20. The molecule has 114 valence electrons. The number of carbonyl (C=O) groups excluding carboxylic acids is 2. The summed E-state index contributed by atoms with van der Waals surface area (Å²) in [6.07, 6.45) is -0.123. The minimum absolute atomic E-state index is 0.0491. The molecule has 1 aromatic carbocycles. The van der Waals surface area contributed by atoms with Gasteiger partial charge in [-0.1, -0.05) is 31.5 Å². The molecule has 4 nitrogen and oxygen atoms in total. The summed E-state index contributed by atoms with van der Waals surface area (Å²) in [6, 6.07) is 4.20. The van der Waals surface area contributed by atoms with E-state index in [0.29, 0.717) is 12.0 Å². The molecule has 0 aliphatic carbocycles. The molecule has 0 N–H and O–H groups in total. The number of rotatable bonds is 4. The van der Waals surface area contributed by atoms with E-state index in [1.807, 2.05) is 13.8 Å². The van der Waals surface area contributed by atoms with Crippen molar-refractivity contribution in [2.24, 2.45) is 5.92 Å². The van der Waals surface area contributed by atoms with Crippen molar-refractivity contribution in [3.63, 3.8) is 0 Å². The summed E-state index contributed by atoms with van der Waals surface area (Å²) >= 11 is 5.61. The highest BCUT2D eigenvalue weighted by atomic mass is 35.5. The second-order valence-electron chi connectivity index (χ2n) is 5.40. The van der Waals surface area contributed by atoms with Crippen LogP contribution in [0.2, 0.25) is 5.02 Å². The Morgan fingerprint density at radius 3 is 2.86 bits per heavy atom. The topological polar surface area (TPSA) is 46.6 Å². The van der Waals surface area contributed by atoms with Gasteiger partial charge < -0.3 is 4.74 Å². The molecule has 21 heavy (non-hydrogen) atoms. The van der Waals surface area contributed by atoms with Gasteiger partial charge in [-0.2, -0.15) is 0 Å². The zero-order chi connectivity index (χ0) is 15.6. The van der Waals surface area contributed by atoms with Gasteiger partial charge in [-0.3, -0.25) is 4.79 Å². The molecule has 1 fully saturated rings. The van der Waals surface area contributed by atoms with Gasteiger partial charge in [0.05, 0.1) is 11.1 Å². The normalized spacial score (nSPS) is 18.2. The van der Waals surface area contributed by atoms with Crippen LogP contribution in [0, 0.1) is 11.7 Å². The first kappa shape index (κ1) is 15.8. The van der Waals surface area contributed by atoms with Crippen molar-refractivity contribution in [2.45, 2.75) is 32.7 Å². The average molecular weight is 314 g/mol. The third-order valence-corrected chi connectivity index (χ3v) is 3.86. The number of cyclic esters (lactones) is 1. The molecule has 1 aliphatic rings. The van der Waals surface area contributed by atoms with Gasteiger partial charge in [-0.25, -0.2) is 14.1 Å². The largest absolute Gasteiger partial charge is 0.447 e. The Kier molecular flexibility index (Phi) is 4.83. The van der Waals surface area contributed by atoms with Gasteiger partial charge in [-0.05, 0) is 30.0 Å². The number of aryl methyl sites for hydroxylation is 1. The minimum Gasteiger partial charge on any atom is -0.447 e. The Hall–Kier alpha value is -1.62. The number of amides is 2. The Bertz CT molecular complexity index is 562. The first-order chi connectivity index (χ1) is 9.90. The van der Waals surface area contributed by atoms with E-state index in [4.69, 9.17) is 16.3 Å². The van der Waals surface area contributed by atoms with E-state index in [1.165, 1.54) is 17.0 Å². The number of imide groups is 1. The van der Waals surface area contributed by atoms with Gasteiger partial charge in [-0.15, -0.1) is 0 Å². The summed E-state index contributed by atoms with van der Waals surface area (Å²) < 4.78 is 18.3. The highest BCUT2D eigenvalue weighted by Crippen LogP contribution is 2.22. The van der Waals surface area contributed by atoms with Gasteiger partial charge in [0.15, 0.2) is 0 Å². The van der Waals surface area contributed by atoms with E-state index in [2.05, 4.69) is 0 Å². The molecular weight excluding hydrogens is 297 g/mol. The zero-order valence-corrected chi connectivity index (χ0v) is 12.7. The molecule has 1 heterocycles. The zero-order valence-electron chi connectivity index (χ0n) is 11.9. The van der Waals surface area contributed by atoms with Crippen LogP contribution in [0.5, 0.6) is 0 Å². The molecule has 0 saturated carbocycles. The molecule has 6 heteroatoms. The molecule has 1 atom stereocenters. The molecule has 0 bridgehead atoms. The van der Waals surface area contributed by atoms with Crippen LogP contribution in [0.15, 0.2) is 18.2 Å². The third kappa shape index (κ3) is 3.53. The van der Waals surface area contributed by atoms with Crippen molar-refractivity contribution in [1.29, 1.82) is 0 Å². The van der Waals surface area contributed by atoms with E-state index >= 15 is 0 Å². The lowest BCUT2D eigenvalue weighted by Crippen LogP contribution is -2.41. The summed E-state index contributed by atoms with van der Waals surface area (Å²) in [7, 11) is 0. The maximum absolute atomic E-state index is 13.3. The number of carbonyl (C=O) groups is 2. The average Bonchev–Trinajstić information content (AvgIpc) is 2.82. The summed E-state index contributed by atoms with van der Waals surface area (Å²) in [5, 5.41) is 0.0491. The number of benzene rings is 1. The van der Waals surface area contributed by atoms with Crippen molar-refractivity contribution < 1.29 is 18.7 Å². The van der Waals surface area contributed by atoms with E-state index < -0.39 is 11.9 Å². The predicted octanol–water partition coefficient (Wildman–Crippen LogP) is 3.42. The van der Waals surface area contributed by atoms with E-state index in [1.54, 1.807) is 6.07 Å². The number of hydrogen-bond donors (Lipinski definition) is 0. The predicted molar refractivity (Wildman–Crippen MR) is 76.6 cm³/mol. The van der Waals surface area contributed by atoms with Gasteiger partial charge >= 0.3 is 6.09 Å². The molecule has 1 aliphatic heterocycles. The second kappa shape index (κ2) is 6.43. The quantitative estimate of drug-likeness (QED) is 0.855. The van der Waals surface area contributed by atoms with Crippen LogP contribution in [0.3, 0.4) is 0 Å². The van der Waals surface area contributed by atoms with Crippen molar-refractivity contribution >= 4 is 23.6 Å². The van der Waals surface area contributed by atoms with Gasteiger partial charge in [0, 0.05) is 6.42 Å². The van der Waals surface area contributed by atoms with Gasteiger partial charge in [0.25, 0.3) is 0 Å². The highest BCUT2D eigenvalue weighted by molar-refractivity contribution is 6.30. The van der Waals surface area contributed by atoms with Crippen molar-refractivity contribution in [2.75, 3.05) is 6.61 Å². The summed E-state index contributed by atoms with van der Waals surface area (Å²) in [5.74, 6) is -0.679. The molecule has 2 rings (SSSR count). The molecular formula is C15H17ClFNO3. The Labute approximate surface area is 127 Å². The molecule has 2 amide bonds. The van der Waals surface area contributed by atoms with Crippen LogP contribution in [0.1, 0.15) is 25.8 Å². The molecule has 0 radical (unpaired) electrons. The molecule has 1 unspecified atom stereocenters. The van der Waals surface area contributed by atoms with Crippen LogP contribution in [-0.2, 0) is 16.0 Å². The second-order valence-corrected chi connectivity index (χ2v) is 5.81. The summed E-state index contributed by atoms with van der Waals surface area (Å²) in [4.78, 5) is 25.0. The molecule has 0 spiro atoms. The van der Waals surface area contributed by atoms with Crippen LogP contribution in [0.4, 0.5) is 9.18 Å². The maximum Gasteiger partial charge on any atom is 0.416 e. The maximum atomic E-state index is 13.3. The number of hydrogen-bond acceptors (Lipinski definition) is 3. The van der Waals surface area contributed by atoms with Gasteiger partial charge in [0.2, 0.25) is 5.91 Å². The van der Waals surface area contributed by atoms with Crippen LogP contribution in [-0.4, -0.2) is 29.5 Å². The van der Waals surface area contributed by atoms with Crippen LogP contribution < -0.4 is 0 Å². The Morgan fingerprint density at radius 1 is 1.52 bits per heavy atom. The monoisotopic (exact) mass is 313 g/mol. The van der Waals surface area contributed by atoms with Crippen LogP contribution in [0.25, 0.3) is 0 Å². The smallest absolute Gasteiger partial charge is 0.416 e. The molecule has 1 saturated heterocycles. The van der Waals surface area contributed by atoms with Gasteiger partial charge in [0.1, 0.15) is 12.4 Å². The standard InChI is InChI=1S/C15H17ClFNO3/c1-9(2)13-8-21-15(20)18(13)14(19)6-4-10-3-5-11(16)12(17)7-10/h3,5,7,9,13H,4,6,8H2,1-2H3. The van der Waals surface area contributed by atoms with Crippen LogP contribution >= 0.6 is 11.6 Å². The Morgan fingerprint density at radius 2 is 2.24 bits per heavy atom. The lowest BCUT2D eigenvalue weighted by Gasteiger charge is -2.22. The van der Waals surface area contributed by atoms with Crippen molar-refractivity contribution in [3.8, 4) is 0 Å². The fourth-order valence-corrected chi connectivity index (χ4v) is 2.40. The minimum atomic E-state index is -0.596. The fourth-order valence-electron chi connectivity index (χ4n) is 2.28. The fraction of sp³-hybridized carbons (Fsp3) is 0.467. The third-order valence-electron chi connectivity index (χ3n) is 3.56. The Balaban J connectivity index is 2.00. The summed E-state index contributed by atoms with van der Waals surface area (Å²) in [6.45, 7) is 4.10. The lowest BCUT2D eigenvalue weighted by atomic mass is 10.0. The highest BCUT2D eigenvalue weighted by Gasteiger charge is 2.38. The van der Waals surface area contributed by atoms with E-state index in [0.717, 1.165) is 0 Å². The number of ether oxygens (including phenoxy) is 1. The molecule has 0 aromatic heterocycles. The molecule has 1 aromatic rings. The van der Waals surface area contributed by atoms with Crippen molar-refractivity contribution in [1.82, 2.24) is 4.90 Å². The lowest BCUT2D eigenvalue weighted by molar-refractivity contribution is -0.129. The van der Waals surface area contributed by atoms with E-state index in [-0.39, 0.29) is 35.9 Å². The number of halogens is 2. The van der Waals surface area contributed by atoms with E-state index in [9.17, 15) is 14.0 Å². The first-order valence-electron chi connectivity index (χ1n) is 6.83. The number of nitrogens with zero attached hydrogens (tertiary/aromatic N) is 1.